The average Bonchev–Trinajstić information content (AvgIpc) is 2.78. The molecule has 0 radical (unpaired) electrons. The molecule has 0 spiro atoms. The summed E-state index contributed by atoms with van der Waals surface area (Å²) in [7, 11) is 1.78. The van der Waals surface area contributed by atoms with Gasteiger partial charge >= 0.3 is 5.97 Å². The Morgan fingerprint density at radius 1 is 1.40 bits per heavy atom. The Hall–Kier alpha value is -2.44. The summed E-state index contributed by atoms with van der Waals surface area (Å²) in [6, 6.07) is 3.38. The van der Waals surface area contributed by atoms with Gasteiger partial charge in [-0.25, -0.2) is 13.6 Å². The Morgan fingerprint density at radius 2 is 2.05 bits per heavy atom. The summed E-state index contributed by atoms with van der Waals surface area (Å²) in [5, 5.41) is 15.4. The average molecular weight is 281 g/mol. The lowest BCUT2D eigenvalue weighted by molar-refractivity contribution is 0.0696. The minimum atomic E-state index is -1.37. The summed E-state index contributed by atoms with van der Waals surface area (Å²) in [4.78, 5) is 10.7. The molecule has 0 saturated heterocycles. The van der Waals surface area contributed by atoms with Gasteiger partial charge in [-0.1, -0.05) is 0 Å². The molecule has 20 heavy (non-hydrogen) atoms. The fraction of sp³-hybridized carbons (Fsp3) is 0.231. The van der Waals surface area contributed by atoms with Crippen molar-refractivity contribution in [3.05, 3.63) is 47.3 Å². The molecule has 7 heteroatoms. The molecular formula is C13H13F2N3O2. The van der Waals surface area contributed by atoms with E-state index >= 15 is 0 Å². The van der Waals surface area contributed by atoms with Crippen molar-refractivity contribution in [1.29, 1.82) is 0 Å². The van der Waals surface area contributed by atoms with Gasteiger partial charge in [-0.05, 0) is 18.2 Å². The highest BCUT2D eigenvalue weighted by Gasteiger charge is 2.14. The van der Waals surface area contributed by atoms with Crippen LogP contribution in [0.25, 0.3) is 0 Å². The van der Waals surface area contributed by atoms with Crippen LogP contribution in [-0.4, -0.2) is 27.4 Å². The third-order valence-corrected chi connectivity index (χ3v) is 2.74. The maximum absolute atomic E-state index is 13.6. The fourth-order valence-corrected chi connectivity index (χ4v) is 1.78. The summed E-state index contributed by atoms with van der Waals surface area (Å²) in [6.07, 6.45) is 2.28. The van der Waals surface area contributed by atoms with Crippen LogP contribution >= 0.6 is 0 Å². The van der Waals surface area contributed by atoms with Gasteiger partial charge in [0.2, 0.25) is 0 Å². The molecule has 1 aromatic heterocycles. The highest BCUT2D eigenvalue weighted by Crippen LogP contribution is 2.20. The van der Waals surface area contributed by atoms with Gasteiger partial charge in [0.25, 0.3) is 0 Å². The van der Waals surface area contributed by atoms with Crippen LogP contribution in [0, 0.1) is 11.6 Å². The molecule has 0 bridgehead atoms. The van der Waals surface area contributed by atoms with Crippen LogP contribution in [0.1, 0.15) is 16.1 Å². The van der Waals surface area contributed by atoms with Crippen molar-refractivity contribution in [3.63, 3.8) is 0 Å². The van der Waals surface area contributed by atoms with E-state index in [1.807, 2.05) is 6.07 Å². The summed E-state index contributed by atoms with van der Waals surface area (Å²) in [5.74, 6) is -3.23. The van der Waals surface area contributed by atoms with Gasteiger partial charge in [0.1, 0.15) is 17.3 Å². The van der Waals surface area contributed by atoms with Gasteiger partial charge < -0.3 is 10.4 Å². The first kappa shape index (κ1) is 14.0. The van der Waals surface area contributed by atoms with E-state index in [9.17, 15) is 13.6 Å². The Kier molecular flexibility index (Phi) is 3.97. The van der Waals surface area contributed by atoms with Crippen LogP contribution in [0.3, 0.4) is 0 Å². The number of carboxylic acid groups (broad SMARTS) is 1. The van der Waals surface area contributed by atoms with Crippen molar-refractivity contribution >= 4 is 11.7 Å². The van der Waals surface area contributed by atoms with E-state index in [1.165, 1.54) is 0 Å². The highest BCUT2D eigenvalue weighted by atomic mass is 19.1. The summed E-state index contributed by atoms with van der Waals surface area (Å²) >= 11 is 0. The number of anilines is 1. The molecule has 0 aliphatic rings. The molecule has 0 atom stereocenters. The molecule has 1 heterocycles. The molecule has 0 unspecified atom stereocenters. The van der Waals surface area contributed by atoms with Gasteiger partial charge in [0.05, 0.1) is 11.3 Å². The molecule has 5 nitrogen and oxygen atoms in total. The standard InChI is InChI=1S/C13H13F2N3O2/c1-18-5-3-9(17-18)2-4-16-12-10(14)6-8(13(19)20)7-11(12)15/h3,5-7,16H,2,4H2,1H3,(H,19,20). The summed E-state index contributed by atoms with van der Waals surface area (Å²) in [5.41, 5.74) is 0.0455. The van der Waals surface area contributed by atoms with E-state index in [4.69, 9.17) is 5.11 Å². The van der Waals surface area contributed by atoms with E-state index in [2.05, 4.69) is 10.4 Å². The first-order valence-electron chi connectivity index (χ1n) is 5.92. The number of nitrogens with one attached hydrogen (secondary N) is 1. The zero-order chi connectivity index (χ0) is 14.7. The second-order valence-electron chi connectivity index (χ2n) is 4.28. The van der Waals surface area contributed by atoms with Crippen LogP contribution in [-0.2, 0) is 13.5 Å². The largest absolute Gasteiger partial charge is 0.478 e. The molecule has 2 aromatic rings. The van der Waals surface area contributed by atoms with E-state index < -0.39 is 23.2 Å². The van der Waals surface area contributed by atoms with Crippen molar-refractivity contribution in [2.24, 2.45) is 7.05 Å². The number of aromatic nitrogens is 2. The van der Waals surface area contributed by atoms with Crippen LogP contribution < -0.4 is 5.32 Å². The van der Waals surface area contributed by atoms with Gasteiger partial charge in [-0.15, -0.1) is 0 Å². The maximum atomic E-state index is 13.6. The Labute approximate surface area is 113 Å². The Balaban J connectivity index is 2.04. The number of hydrogen-bond donors (Lipinski definition) is 2. The lowest BCUT2D eigenvalue weighted by atomic mass is 10.2. The van der Waals surface area contributed by atoms with Crippen LogP contribution in [0.4, 0.5) is 14.5 Å². The molecule has 0 aliphatic carbocycles. The normalized spacial score (nSPS) is 10.6. The number of carboxylic acids is 1. The van der Waals surface area contributed by atoms with Crippen molar-refractivity contribution in [1.82, 2.24) is 9.78 Å². The first-order valence-corrected chi connectivity index (χ1v) is 5.92. The second kappa shape index (κ2) is 5.68. The molecule has 1 aromatic carbocycles. The van der Waals surface area contributed by atoms with Gasteiger partial charge in [0, 0.05) is 26.2 Å². The minimum Gasteiger partial charge on any atom is -0.478 e. The van der Waals surface area contributed by atoms with Crippen molar-refractivity contribution in [2.45, 2.75) is 6.42 Å². The van der Waals surface area contributed by atoms with Gasteiger partial charge in [-0.2, -0.15) is 5.10 Å². The number of benzene rings is 1. The van der Waals surface area contributed by atoms with E-state index in [1.54, 1.807) is 17.9 Å². The predicted molar refractivity (Wildman–Crippen MR) is 68.7 cm³/mol. The third kappa shape index (κ3) is 3.11. The summed E-state index contributed by atoms with van der Waals surface area (Å²) in [6.45, 7) is 0.289. The third-order valence-electron chi connectivity index (χ3n) is 2.74. The van der Waals surface area contributed by atoms with Crippen LogP contribution in [0.15, 0.2) is 24.4 Å². The van der Waals surface area contributed by atoms with Crippen molar-refractivity contribution in [3.8, 4) is 0 Å². The molecule has 2 N–H and O–H groups in total. The lowest BCUT2D eigenvalue weighted by Crippen LogP contribution is -2.10. The zero-order valence-corrected chi connectivity index (χ0v) is 10.7. The molecule has 0 fully saturated rings. The molecular weight excluding hydrogens is 268 g/mol. The number of nitrogens with zero attached hydrogens (tertiary/aromatic N) is 2. The van der Waals surface area contributed by atoms with E-state index in [0.717, 1.165) is 17.8 Å². The molecule has 0 amide bonds. The Morgan fingerprint density at radius 3 is 2.55 bits per heavy atom. The van der Waals surface area contributed by atoms with Gasteiger partial charge in [0.15, 0.2) is 0 Å². The second-order valence-corrected chi connectivity index (χ2v) is 4.28. The molecule has 0 aliphatic heterocycles. The van der Waals surface area contributed by atoms with Crippen molar-refractivity contribution < 1.29 is 18.7 Å². The van der Waals surface area contributed by atoms with E-state index in [-0.39, 0.29) is 12.2 Å². The number of hydrogen-bond acceptors (Lipinski definition) is 3. The van der Waals surface area contributed by atoms with Crippen molar-refractivity contribution in [2.75, 3.05) is 11.9 Å². The maximum Gasteiger partial charge on any atom is 0.335 e. The van der Waals surface area contributed by atoms with E-state index in [0.29, 0.717) is 6.42 Å². The molecule has 0 saturated carbocycles. The minimum absolute atomic E-state index is 0.289. The number of rotatable bonds is 5. The number of aromatic carboxylic acids is 1. The quantitative estimate of drug-likeness (QED) is 0.880. The highest BCUT2D eigenvalue weighted by molar-refractivity contribution is 5.88. The number of carbonyl (C=O) groups is 1. The lowest BCUT2D eigenvalue weighted by Gasteiger charge is -2.08. The molecule has 2 rings (SSSR count). The number of halogens is 2. The topological polar surface area (TPSA) is 67.2 Å². The van der Waals surface area contributed by atoms with Crippen LogP contribution in [0.2, 0.25) is 0 Å². The summed E-state index contributed by atoms with van der Waals surface area (Å²) < 4.78 is 28.9. The predicted octanol–water partition coefficient (Wildman–Crippen LogP) is 2.05. The molecule has 106 valence electrons. The monoisotopic (exact) mass is 281 g/mol. The zero-order valence-electron chi connectivity index (χ0n) is 10.7. The van der Waals surface area contributed by atoms with Gasteiger partial charge in [-0.3, -0.25) is 4.68 Å². The van der Waals surface area contributed by atoms with Crippen LogP contribution in [0.5, 0.6) is 0 Å². The smallest absolute Gasteiger partial charge is 0.335 e. The SMILES string of the molecule is Cn1ccc(CCNc2c(F)cc(C(=O)O)cc2F)n1. The fourth-order valence-electron chi connectivity index (χ4n) is 1.78. The first-order chi connectivity index (χ1) is 9.47. The Bertz CT molecular complexity index is 617. The number of aryl methyl sites for hydroxylation is 1.